The Morgan fingerprint density at radius 2 is 1.44 bits per heavy atom. The molecule has 132 valence electrons. The molecule has 2 N–H and O–H groups in total. The number of benzene rings is 2. The van der Waals surface area contributed by atoms with Crippen LogP contribution in [0.5, 0.6) is 11.5 Å². The summed E-state index contributed by atoms with van der Waals surface area (Å²) in [5.74, 6) is -0.717. The molecule has 0 aromatic heterocycles. The van der Waals surface area contributed by atoms with Gasteiger partial charge in [0, 0.05) is 24.3 Å². The van der Waals surface area contributed by atoms with Gasteiger partial charge in [0.25, 0.3) is 0 Å². The molecule has 2 rings (SSSR count). The molecule has 0 atom stereocenters. The lowest BCUT2D eigenvalue weighted by atomic mass is 10.2. The Labute approximate surface area is 146 Å². The van der Waals surface area contributed by atoms with Crippen molar-refractivity contribution in [1.82, 2.24) is 4.90 Å². The van der Waals surface area contributed by atoms with Gasteiger partial charge in [0.2, 0.25) is 0 Å². The van der Waals surface area contributed by atoms with Gasteiger partial charge in [-0.2, -0.15) is 0 Å². The summed E-state index contributed by atoms with van der Waals surface area (Å²) in [6.07, 6.45) is 1.12. The Kier molecular flexibility index (Phi) is 8.46. The summed E-state index contributed by atoms with van der Waals surface area (Å²) >= 11 is 0. The normalized spacial score (nSPS) is 10.2. The Hall–Kier alpha value is -3.12. The summed E-state index contributed by atoms with van der Waals surface area (Å²) in [6.45, 7) is 0.878. The highest BCUT2D eigenvalue weighted by molar-refractivity contribution is 5.89. The number of ether oxygens (including phenoxy) is 1. The molecule has 0 saturated carbocycles. The average Bonchev–Trinajstić information content (AvgIpc) is 2.56. The third kappa shape index (κ3) is 8.92. The van der Waals surface area contributed by atoms with E-state index in [1.165, 1.54) is 5.56 Å². The second-order valence-electron chi connectivity index (χ2n) is 5.27. The quantitative estimate of drug-likeness (QED) is 0.783. The molecular weight excluding hydrogens is 322 g/mol. The van der Waals surface area contributed by atoms with Gasteiger partial charge in [-0.3, -0.25) is 0 Å². The van der Waals surface area contributed by atoms with Crippen LogP contribution >= 0.6 is 0 Å². The molecule has 0 bridgehead atoms. The van der Waals surface area contributed by atoms with Crippen molar-refractivity contribution in [3.8, 4) is 11.5 Å². The maximum absolute atomic E-state index is 9.55. The molecule has 0 heterocycles. The van der Waals surface area contributed by atoms with Gasteiger partial charge in [0.05, 0.1) is 0 Å². The zero-order valence-corrected chi connectivity index (χ0v) is 14.1. The molecule has 0 aliphatic carbocycles. The van der Waals surface area contributed by atoms with Crippen LogP contribution in [0.4, 0.5) is 0 Å². The fourth-order valence-corrected chi connectivity index (χ4v) is 1.83. The summed E-state index contributed by atoms with van der Waals surface area (Å²) in [5.41, 5.74) is 1.20. The van der Waals surface area contributed by atoms with E-state index < -0.39 is 11.9 Å². The molecule has 6 heteroatoms. The lowest BCUT2D eigenvalue weighted by Crippen LogP contribution is -2.11. The maximum atomic E-state index is 9.55. The van der Waals surface area contributed by atoms with Crippen molar-refractivity contribution in [2.24, 2.45) is 0 Å². The number of aliphatic carboxylic acids is 2. The van der Waals surface area contributed by atoms with E-state index in [1.54, 1.807) is 0 Å². The Morgan fingerprint density at radius 3 is 1.96 bits per heavy atom. The molecule has 0 saturated heterocycles. The molecule has 0 radical (unpaired) electrons. The van der Waals surface area contributed by atoms with Crippen LogP contribution in [0, 0.1) is 0 Å². The van der Waals surface area contributed by atoms with Gasteiger partial charge in [-0.25, -0.2) is 9.59 Å². The molecular formula is C19H21NO5. The fraction of sp³-hybridized carbons (Fsp3) is 0.158. The predicted octanol–water partition coefficient (Wildman–Crippen LogP) is 3.25. The lowest BCUT2D eigenvalue weighted by Gasteiger charge is -2.14. The molecule has 0 amide bonds. The number of carboxylic acids is 2. The number of hydrogen-bond donors (Lipinski definition) is 2. The van der Waals surface area contributed by atoms with Crippen molar-refractivity contribution in [2.45, 2.75) is 6.54 Å². The molecule has 0 aliphatic heterocycles. The van der Waals surface area contributed by atoms with Gasteiger partial charge in [0.15, 0.2) is 0 Å². The topological polar surface area (TPSA) is 87.1 Å². The van der Waals surface area contributed by atoms with Crippen molar-refractivity contribution in [1.29, 1.82) is 0 Å². The van der Waals surface area contributed by atoms with Gasteiger partial charge in [-0.05, 0) is 32.3 Å². The third-order valence-corrected chi connectivity index (χ3v) is 2.80. The number of carboxylic acid groups (broad SMARTS) is 2. The van der Waals surface area contributed by atoms with Gasteiger partial charge >= 0.3 is 11.9 Å². The van der Waals surface area contributed by atoms with Crippen LogP contribution in [-0.2, 0) is 16.1 Å². The van der Waals surface area contributed by atoms with E-state index in [1.807, 2.05) is 48.5 Å². The summed E-state index contributed by atoms with van der Waals surface area (Å²) in [7, 11) is 4.11. The van der Waals surface area contributed by atoms with E-state index in [2.05, 4.69) is 25.1 Å². The first kappa shape index (κ1) is 19.9. The molecule has 25 heavy (non-hydrogen) atoms. The van der Waals surface area contributed by atoms with Gasteiger partial charge < -0.3 is 19.8 Å². The molecule has 0 fully saturated rings. The highest BCUT2D eigenvalue weighted by Crippen LogP contribution is 2.25. The first-order valence-electron chi connectivity index (χ1n) is 7.48. The van der Waals surface area contributed by atoms with E-state index in [0.29, 0.717) is 12.2 Å². The van der Waals surface area contributed by atoms with Crippen molar-refractivity contribution in [2.75, 3.05) is 14.1 Å². The molecule has 0 spiro atoms. The van der Waals surface area contributed by atoms with Gasteiger partial charge in [0.1, 0.15) is 11.5 Å². The zero-order valence-electron chi connectivity index (χ0n) is 14.1. The summed E-state index contributed by atoms with van der Waals surface area (Å²) in [6, 6.07) is 18.0. The summed E-state index contributed by atoms with van der Waals surface area (Å²) in [5, 5.41) is 15.6. The first-order chi connectivity index (χ1) is 11.9. The minimum Gasteiger partial charge on any atom is -0.478 e. The molecule has 6 nitrogen and oxygen atoms in total. The minimum absolute atomic E-state index is 0.558. The molecule has 2 aromatic rings. The number of carbonyl (C=O) groups is 2. The smallest absolute Gasteiger partial charge is 0.328 e. The van der Waals surface area contributed by atoms with Crippen LogP contribution < -0.4 is 4.74 Å². The fourth-order valence-electron chi connectivity index (χ4n) is 1.83. The average molecular weight is 343 g/mol. The maximum Gasteiger partial charge on any atom is 0.328 e. The molecule has 0 unspecified atom stereocenters. The Morgan fingerprint density at radius 1 is 0.920 bits per heavy atom. The summed E-state index contributed by atoms with van der Waals surface area (Å²) < 4.78 is 5.88. The second kappa shape index (κ2) is 10.6. The van der Waals surface area contributed by atoms with Crippen LogP contribution in [0.15, 0.2) is 66.7 Å². The second-order valence-corrected chi connectivity index (χ2v) is 5.27. The Bertz CT molecular complexity index is 695. The minimum atomic E-state index is -1.26. The van der Waals surface area contributed by atoms with E-state index in [-0.39, 0.29) is 0 Å². The standard InChI is InChI=1S/C15H17NO.C4H4O4/c1-16(2)12-13-8-6-7-11-15(13)17-14-9-4-3-5-10-14;5-3(6)1-2-4(7)8/h3-11H,12H2,1-2H3;1-2H,(H,5,6)(H,7,8)/b;2-1-. The van der Waals surface area contributed by atoms with E-state index in [0.717, 1.165) is 18.0 Å². The lowest BCUT2D eigenvalue weighted by molar-refractivity contribution is -0.134. The van der Waals surface area contributed by atoms with E-state index in [4.69, 9.17) is 14.9 Å². The van der Waals surface area contributed by atoms with Crippen molar-refractivity contribution < 1.29 is 24.5 Å². The van der Waals surface area contributed by atoms with Crippen LogP contribution in [0.3, 0.4) is 0 Å². The molecule has 0 aliphatic rings. The third-order valence-electron chi connectivity index (χ3n) is 2.80. The summed E-state index contributed by atoms with van der Waals surface area (Å²) in [4.78, 5) is 21.2. The highest BCUT2D eigenvalue weighted by atomic mass is 16.5. The predicted molar refractivity (Wildman–Crippen MR) is 94.8 cm³/mol. The van der Waals surface area contributed by atoms with Crippen LogP contribution in [0.25, 0.3) is 0 Å². The first-order valence-corrected chi connectivity index (χ1v) is 7.48. The van der Waals surface area contributed by atoms with Crippen molar-refractivity contribution >= 4 is 11.9 Å². The largest absolute Gasteiger partial charge is 0.478 e. The Balaban J connectivity index is 0.000000333. The van der Waals surface area contributed by atoms with Crippen LogP contribution in [-0.4, -0.2) is 41.1 Å². The van der Waals surface area contributed by atoms with Crippen molar-refractivity contribution in [3.05, 3.63) is 72.3 Å². The SMILES string of the molecule is CN(C)Cc1ccccc1Oc1ccccc1.O=C(O)/C=C\C(=O)O. The number of rotatable bonds is 6. The zero-order chi connectivity index (χ0) is 18.7. The molecule has 2 aromatic carbocycles. The van der Waals surface area contributed by atoms with Gasteiger partial charge in [-0.1, -0.05) is 36.4 Å². The van der Waals surface area contributed by atoms with E-state index in [9.17, 15) is 9.59 Å². The number of hydrogen-bond acceptors (Lipinski definition) is 4. The van der Waals surface area contributed by atoms with E-state index >= 15 is 0 Å². The highest BCUT2D eigenvalue weighted by Gasteiger charge is 2.04. The van der Waals surface area contributed by atoms with Crippen LogP contribution in [0.1, 0.15) is 5.56 Å². The number of nitrogens with zero attached hydrogens (tertiary/aromatic N) is 1. The van der Waals surface area contributed by atoms with Gasteiger partial charge in [-0.15, -0.1) is 0 Å². The van der Waals surface area contributed by atoms with Crippen molar-refractivity contribution in [3.63, 3.8) is 0 Å². The number of para-hydroxylation sites is 2. The monoisotopic (exact) mass is 343 g/mol. The van der Waals surface area contributed by atoms with Crippen LogP contribution in [0.2, 0.25) is 0 Å².